The minimum Gasteiger partial charge on any atom is -0.385 e. The summed E-state index contributed by atoms with van der Waals surface area (Å²) in [6, 6.07) is 7.51. The van der Waals surface area contributed by atoms with E-state index in [-0.39, 0.29) is 11.8 Å². The van der Waals surface area contributed by atoms with Gasteiger partial charge in [-0.3, -0.25) is 9.59 Å². The molecule has 0 aromatic heterocycles. The van der Waals surface area contributed by atoms with Gasteiger partial charge >= 0.3 is 0 Å². The lowest BCUT2D eigenvalue weighted by Crippen LogP contribution is -2.22. The van der Waals surface area contributed by atoms with Crippen LogP contribution in [0.15, 0.2) is 24.3 Å². The summed E-state index contributed by atoms with van der Waals surface area (Å²) in [5.41, 5.74) is 1.70. The molecule has 1 aromatic carbocycles. The molecule has 0 spiro atoms. The Bertz CT molecular complexity index is 444. The van der Waals surface area contributed by atoms with Crippen molar-refractivity contribution in [2.45, 2.75) is 19.8 Å². The van der Waals surface area contributed by atoms with E-state index in [1.165, 1.54) is 6.92 Å². The van der Waals surface area contributed by atoms with Crippen molar-refractivity contribution < 1.29 is 9.59 Å². The second-order valence-corrected chi connectivity index (χ2v) is 4.58. The number of benzene rings is 1. The molecule has 0 bridgehead atoms. The van der Waals surface area contributed by atoms with Crippen molar-refractivity contribution in [3.05, 3.63) is 24.3 Å². The predicted molar refractivity (Wildman–Crippen MR) is 77.2 cm³/mol. The fourth-order valence-corrected chi connectivity index (χ4v) is 1.61. The van der Waals surface area contributed by atoms with E-state index in [4.69, 9.17) is 0 Å². The van der Waals surface area contributed by atoms with Gasteiger partial charge in [0.2, 0.25) is 11.8 Å². The summed E-state index contributed by atoms with van der Waals surface area (Å²) >= 11 is 0. The van der Waals surface area contributed by atoms with Crippen LogP contribution >= 0.6 is 0 Å². The van der Waals surface area contributed by atoms with E-state index in [2.05, 4.69) is 10.6 Å². The van der Waals surface area contributed by atoms with Gasteiger partial charge in [0.25, 0.3) is 0 Å². The molecule has 104 valence electrons. The van der Waals surface area contributed by atoms with Gasteiger partial charge in [-0.2, -0.15) is 0 Å². The molecule has 2 N–H and O–H groups in total. The molecule has 0 saturated carbocycles. The zero-order valence-electron chi connectivity index (χ0n) is 11.7. The molecule has 0 aliphatic heterocycles. The van der Waals surface area contributed by atoms with Crippen molar-refractivity contribution in [3.63, 3.8) is 0 Å². The molecule has 0 atom stereocenters. The summed E-state index contributed by atoms with van der Waals surface area (Å²) in [5.74, 6) is 0.0440. The number of rotatable bonds is 6. The molecule has 0 radical (unpaired) electrons. The largest absolute Gasteiger partial charge is 0.385 e. The Balaban J connectivity index is 2.37. The number of amides is 2. The molecule has 5 nitrogen and oxygen atoms in total. The Kier molecular flexibility index (Phi) is 5.85. The lowest BCUT2D eigenvalue weighted by atomic mass is 10.2. The van der Waals surface area contributed by atoms with Gasteiger partial charge in [0, 0.05) is 45.4 Å². The van der Waals surface area contributed by atoms with Crippen LogP contribution in [0.2, 0.25) is 0 Å². The molecule has 0 aliphatic carbocycles. The van der Waals surface area contributed by atoms with Gasteiger partial charge in [-0.1, -0.05) is 6.07 Å². The number of nitrogens with one attached hydrogen (secondary N) is 2. The Morgan fingerprint density at radius 2 is 1.89 bits per heavy atom. The summed E-state index contributed by atoms with van der Waals surface area (Å²) in [4.78, 5) is 23.9. The molecule has 0 saturated heterocycles. The molecule has 5 heteroatoms. The molecular formula is C14H21N3O2. The van der Waals surface area contributed by atoms with E-state index in [1.54, 1.807) is 19.0 Å². The maximum absolute atomic E-state index is 11.4. The number of carbonyl (C=O) groups is 2. The first kappa shape index (κ1) is 15.0. The third kappa shape index (κ3) is 5.90. The van der Waals surface area contributed by atoms with E-state index >= 15 is 0 Å². The standard InChI is InChI=1S/C14H21N3O2/c1-11(18)16-13-7-4-6-12(10-13)15-9-5-8-14(19)17(2)3/h4,6-7,10,15H,5,8-9H2,1-3H3,(H,16,18). The van der Waals surface area contributed by atoms with Crippen molar-refractivity contribution in [2.75, 3.05) is 31.3 Å². The van der Waals surface area contributed by atoms with Crippen LogP contribution in [-0.4, -0.2) is 37.4 Å². The van der Waals surface area contributed by atoms with Crippen LogP contribution in [-0.2, 0) is 9.59 Å². The smallest absolute Gasteiger partial charge is 0.222 e. The van der Waals surface area contributed by atoms with Gasteiger partial charge in [-0.05, 0) is 24.6 Å². The van der Waals surface area contributed by atoms with Crippen molar-refractivity contribution in [3.8, 4) is 0 Å². The minimum atomic E-state index is -0.0891. The number of anilines is 2. The number of hydrogen-bond acceptors (Lipinski definition) is 3. The molecule has 0 aliphatic rings. The van der Waals surface area contributed by atoms with Gasteiger partial charge < -0.3 is 15.5 Å². The van der Waals surface area contributed by atoms with Crippen LogP contribution in [0.4, 0.5) is 11.4 Å². The molecule has 2 amide bonds. The maximum Gasteiger partial charge on any atom is 0.222 e. The Morgan fingerprint density at radius 1 is 1.21 bits per heavy atom. The fourth-order valence-electron chi connectivity index (χ4n) is 1.61. The maximum atomic E-state index is 11.4. The topological polar surface area (TPSA) is 61.4 Å². The molecule has 1 rings (SSSR count). The molecule has 0 unspecified atom stereocenters. The third-order valence-electron chi connectivity index (χ3n) is 2.58. The van der Waals surface area contributed by atoms with Gasteiger partial charge in [-0.25, -0.2) is 0 Å². The second kappa shape index (κ2) is 7.41. The quantitative estimate of drug-likeness (QED) is 0.771. The van der Waals surface area contributed by atoms with Crippen molar-refractivity contribution in [1.82, 2.24) is 4.90 Å². The Hall–Kier alpha value is -2.04. The Morgan fingerprint density at radius 3 is 2.53 bits per heavy atom. The monoisotopic (exact) mass is 263 g/mol. The average Bonchev–Trinajstić information content (AvgIpc) is 2.34. The first-order chi connectivity index (χ1) is 8.99. The van der Waals surface area contributed by atoms with Gasteiger partial charge in [0.1, 0.15) is 0 Å². The van der Waals surface area contributed by atoms with E-state index in [1.807, 2.05) is 24.3 Å². The average molecular weight is 263 g/mol. The van der Waals surface area contributed by atoms with Crippen LogP contribution < -0.4 is 10.6 Å². The summed E-state index contributed by atoms with van der Waals surface area (Å²) in [6.07, 6.45) is 1.31. The molecule has 0 fully saturated rings. The predicted octanol–water partition coefficient (Wildman–Crippen LogP) is 1.93. The first-order valence-corrected chi connectivity index (χ1v) is 6.30. The second-order valence-electron chi connectivity index (χ2n) is 4.58. The highest BCUT2D eigenvalue weighted by Gasteiger charge is 2.03. The van der Waals surface area contributed by atoms with Gasteiger partial charge in [-0.15, -0.1) is 0 Å². The zero-order valence-corrected chi connectivity index (χ0v) is 11.7. The summed E-state index contributed by atoms with van der Waals surface area (Å²) in [6.45, 7) is 2.20. The third-order valence-corrected chi connectivity index (χ3v) is 2.58. The van der Waals surface area contributed by atoms with Crippen molar-refractivity contribution in [1.29, 1.82) is 0 Å². The first-order valence-electron chi connectivity index (χ1n) is 6.30. The Labute approximate surface area is 114 Å². The number of carbonyl (C=O) groups excluding carboxylic acids is 2. The highest BCUT2D eigenvalue weighted by molar-refractivity contribution is 5.89. The number of hydrogen-bond donors (Lipinski definition) is 2. The fraction of sp³-hybridized carbons (Fsp3) is 0.429. The van der Waals surface area contributed by atoms with Crippen molar-refractivity contribution >= 4 is 23.2 Å². The molecule has 1 aromatic rings. The minimum absolute atomic E-state index is 0.0891. The molecule has 0 heterocycles. The molecular weight excluding hydrogens is 242 g/mol. The van der Waals surface area contributed by atoms with Crippen LogP contribution in [0, 0.1) is 0 Å². The number of nitrogens with zero attached hydrogens (tertiary/aromatic N) is 1. The highest BCUT2D eigenvalue weighted by Crippen LogP contribution is 2.15. The van der Waals surface area contributed by atoms with Gasteiger partial charge in [0.05, 0.1) is 0 Å². The van der Waals surface area contributed by atoms with Crippen molar-refractivity contribution in [2.24, 2.45) is 0 Å². The SMILES string of the molecule is CC(=O)Nc1cccc(NCCCC(=O)N(C)C)c1. The van der Waals surface area contributed by atoms with Crippen LogP contribution in [0.5, 0.6) is 0 Å². The summed E-state index contributed by atoms with van der Waals surface area (Å²) in [7, 11) is 3.51. The van der Waals surface area contributed by atoms with Crippen LogP contribution in [0.25, 0.3) is 0 Å². The zero-order chi connectivity index (χ0) is 14.3. The normalized spacial score (nSPS) is 9.84. The summed E-state index contributed by atoms with van der Waals surface area (Å²) < 4.78 is 0. The lowest BCUT2D eigenvalue weighted by molar-refractivity contribution is -0.128. The van der Waals surface area contributed by atoms with E-state index in [9.17, 15) is 9.59 Å². The summed E-state index contributed by atoms with van der Waals surface area (Å²) in [5, 5.41) is 5.96. The van der Waals surface area contributed by atoms with E-state index in [0.29, 0.717) is 6.42 Å². The highest BCUT2D eigenvalue weighted by atomic mass is 16.2. The molecule has 19 heavy (non-hydrogen) atoms. The van der Waals surface area contributed by atoms with E-state index in [0.717, 1.165) is 24.3 Å². The van der Waals surface area contributed by atoms with Gasteiger partial charge in [0.15, 0.2) is 0 Å². The lowest BCUT2D eigenvalue weighted by Gasteiger charge is -2.11. The van der Waals surface area contributed by atoms with Crippen LogP contribution in [0.1, 0.15) is 19.8 Å². The van der Waals surface area contributed by atoms with Crippen LogP contribution in [0.3, 0.4) is 0 Å². The van der Waals surface area contributed by atoms with E-state index < -0.39 is 0 Å².